The van der Waals surface area contributed by atoms with Gasteiger partial charge < -0.3 is 10.2 Å². The highest BCUT2D eigenvalue weighted by molar-refractivity contribution is 6.42. The molecule has 1 N–H and O–H groups in total. The second kappa shape index (κ2) is 8.30. The molecule has 4 nitrogen and oxygen atoms in total. The lowest BCUT2D eigenvalue weighted by atomic mass is 10.1. The summed E-state index contributed by atoms with van der Waals surface area (Å²) in [5, 5.41) is 4.17. The number of hydrogen-bond acceptors (Lipinski definition) is 2. The van der Waals surface area contributed by atoms with Gasteiger partial charge in [-0.3, -0.25) is 9.59 Å². The van der Waals surface area contributed by atoms with Gasteiger partial charge in [0.25, 0.3) is 0 Å². The minimum absolute atomic E-state index is 0.0835. The van der Waals surface area contributed by atoms with Crippen LogP contribution in [-0.4, -0.2) is 18.4 Å². The first-order valence-electron chi connectivity index (χ1n) is 8.28. The highest BCUT2D eigenvalue weighted by Gasteiger charge is 2.22. The minimum Gasteiger partial charge on any atom is -0.325 e. The second-order valence-electron chi connectivity index (χ2n) is 6.07. The van der Waals surface area contributed by atoms with E-state index < -0.39 is 0 Å². The molecule has 1 fully saturated rings. The molecule has 0 radical (unpaired) electrons. The molecule has 2 aromatic carbocycles. The van der Waals surface area contributed by atoms with Crippen molar-refractivity contribution in [3.63, 3.8) is 0 Å². The lowest BCUT2D eigenvalue weighted by Gasteiger charge is -2.17. The van der Waals surface area contributed by atoms with Crippen molar-refractivity contribution in [1.82, 2.24) is 0 Å². The Morgan fingerprint density at radius 3 is 2.65 bits per heavy atom. The van der Waals surface area contributed by atoms with Crippen molar-refractivity contribution < 1.29 is 9.59 Å². The molecule has 1 saturated heterocycles. The third-order valence-electron chi connectivity index (χ3n) is 4.26. The van der Waals surface area contributed by atoms with E-state index in [9.17, 15) is 9.59 Å². The van der Waals surface area contributed by atoms with Crippen LogP contribution >= 0.6 is 34.8 Å². The first-order chi connectivity index (χ1) is 12.5. The lowest BCUT2D eigenvalue weighted by Crippen LogP contribution is -2.23. The van der Waals surface area contributed by atoms with Gasteiger partial charge in [0.2, 0.25) is 11.8 Å². The van der Waals surface area contributed by atoms with E-state index >= 15 is 0 Å². The number of benzene rings is 2. The SMILES string of the molecule is O=C(CCc1cccc(Cl)c1Cl)Nc1cc(N2CCCC2=O)ccc1Cl. The molecule has 0 atom stereocenters. The summed E-state index contributed by atoms with van der Waals surface area (Å²) >= 11 is 18.3. The van der Waals surface area contributed by atoms with Crippen LogP contribution in [0.1, 0.15) is 24.8 Å². The van der Waals surface area contributed by atoms with Gasteiger partial charge in [-0.15, -0.1) is 0 Å². The van der Waals surface area contributed by atoms with Crippen LogP contribution in [0.2, 0.25) is 15.1 Å². The molecule has 2 amide bonds. The Hall–Kier alpha value is -1.75. The van der Waals surface area contributed by atoms with Crippen LogP contribution < -0.4 is 10.2 Å². The van der Waals surface area contributed by atoms with Crippen molar-refractivity contribution in [3.05, 3.63) is 57.0 Å². The van der Waals surface area contributed by atoms with Gasteiger partial charge in [0, 0.05) is 25.1 Å². The maximum Gasteiger partial charge on any atom is 0.227 e. The van der Waals surface area contributed by atoms with Crippen LogP contribution in [0.15, 0.2) is 36.4 Å². The predicted octanol–water partition coefficient (Wildman–Crippen LogP) is 5.34. The Kier molecular flexibility index (Phi) is 6.07. The predicted molar refractivity (Wildman–Crippen MR) is 106 cm³/mol. The molecule has 2 aromatic rings. The Labute approximate surface area is 167 Å². The Morgan fingerprint density at radius 1 is 1.12 bits per heavy atom. The molecule has 1 heterocycles. The summed E-state index contributed by atoms with van der Waals surface area (Å²) in [6.07, 6.45) is 2.09. The summed E-state index contributed by atoms with van der Waals surface area (Å²) < 4.78 is 0. The molecular weight excluding hydrogens is 395 g/mol. The van der Waals surface area contributed by atoms with E-state index in [2.05, 4.69) is 5.32 Å². The van der Waals surface area contributed by atoms with Gasteiger partial charge >= 0.3 is 0 Å². The number of amides is 2. The number of aryl methyl sites for hydroxylation is 1. The van der Waals surface area contributed by atoms with E-state index in [1.165, 1.54) is 0 Å². The average molecular weight is 412 g/mol. The molecule has 0 aromatic heterocycles. The molecule has 7 heteroatoms. The fraction of sp³-hybridized carbons (Fsp3) is 0.263. The molecule has 3 rings (SSSR count). The first kappa shape index (κ1) is 19.0. The van der Waals surface area contributed by atoms with Gasteiger partial charge in [-0.2, -0.15) is 0 Å². The Morgan fingerprint density at radius 2 is 1.92 bits per heavy atom. The number of hydrogen-bond donors (Lipinski definition) is 1. The summed E-state index contributed by atoms with van der Waals surface area (Å²) in [7, 11) is 0. The van der Waals surface area contributed by atoms with E-state index in [-0.39, 0.29) is 18.2 Å². The minimum atomic E-state index is -0.187. The molecule has 0 aliphatic carbocycles. The maximum absolute atomic E-state index is 12.3. The lowest BCUT2D eigenvalue weighted by molar-refractivity contribution is -0.117. The summed E-state index contributed by atoms with van der Waals surface area (Å²) in [6, 6.07) is 10.6. The van der Waals surface area contributed by atoms with Crippen LogP contribution in [0, 0.1) is 0 Å². The van der Waals surface area contributed by atoms with Crippen LogP contribution in [0.4, 0.5) is 11.4 Å². The van der Waals surface area contributed by atoms with Gasteiger partial charge in [-0.25, -0.2) is 0 Å². The number of anilines is 2. The van der Waals surface area contributed by atoms with Crippen molar-refractivity contribution in [2.45, 2.75) is 25.7 Å². The Bertz CT molecular complexity index is 855. The molecule has 0 unspecified atom stereocenters. The molecule has 0 spiro atoms. The Balaban J connectivity index is 1.67. The van der Waals surface area contributed by atoms with Crippen molar-refractivity contribution >= 4 is 58.0 Å². The fourth-order valence-corrected chi connectivity index (χ4v) is 3.48. The van der Waals surface area contributed by atoms with Gasteiger partial charge in [-0.05, 0) is 42.7 Å². The number of carbonyl (C=O) groups excluding carboxylic acids is 2. The maximum atomic E-state index is 12.3. The van der Waals surface area contributed by atoms with Crippen molar-refractivity contribution in [1.29, 1.82) is 0 Å². The quantitative estimate of drug-likeness (QED) is 0.721. The van der Waals surface area contributed by atoms with E-state index in [1.807, 2.05) is 6.07 Å². The highest BCUT2D eigenvalue weighted by atomic mass is 35.5. The fourth-order valence-electron chi connectivity index (χ4n) is 2.90. The van der Waals surface area contributed by atoms with Crippen LogP contribution in [0.25, 0.3) is 0 Å². The summed E-state index contributed by atoms with van der Waals surface area (Å²) in [4.78, 5) is 25.9. The van der Waals surface area contributed by atoms with E-state index in [4.69, 9.17) is 34.8 Å². The topological polar surface area (TPSA) is 49.4 Å². The smallest absolute Gasteiger partial charge is 0.227 e. The zero-order chi connectivity index (χ0) is 18.7. The number of halogens is 3. The van der Waals surface area contributed by atoms with Crippen molar-refractivity contribution in [2.75, 3.05) is 16.8 Å². The molecule has 136 valence electrons. The zero-order valence-electron chi connectivity index (χ0n) is 13.9. The third kappa shape index (κ3) is 4.32. The van der Waals surface area contributed by atoms with Crippen LogP contribution in [0.5, 0.6) is 0 Å². The largest absolute Gasteiger partial charge is 0.325 e. The molecule has 0 saturated carbocycles. The number of nitrogens with one attached hydrogen (secondary N) is 1. The van der Waals surface area contributed by atoms with E-state index in [0.717, 1.165) is 17.7 Å². The van der Waals surface area contributed by atoms with E-state index in [0.29, 0.717) is 40.1 Å². The number of nitrogens with zero attached hydrogens (tertiary/aromatic N) is 1. The molecule has 1 aliphatic heterocycles. The van der Waals surface area contributed by atoms with Crippen molar-refractivity contribution in [2.24, 2.45) is 0 Å². The first-order valence-corrected chi connectivity index (χ1v) is 9.42. The standard InChI is InChI=1S/C19H17Cl3N2O2/c20-14-8-7-13(24-10-2-5-18(24)26)11-16(14)23-17(25)9-6-12-3-1-4-15(21)19(12)22/h1,3-4,7-8,11H,2,5-6,9-10H2,(H,23,25). The summed E-state index contributed by atoms with van der Waals surface area (Å²) in [5.41, 5.74) is 2.05. The van der Waals surface area contributed by atoms with Crippen molar-refractivity contribution in [3.8, 4) is 0 Å². The molecule has 26 heavy (non-hydrogen) atoms. The molecule has 0 bridgehead atoms. The molecular formula is C19H17Cl3N2O2. The van der Waals surface area contributed by atoms with Gasteiger partial charge in [0.15, 0.2) is 0 Å². The zero-order valence-corrected chi connectivity index (χ0v) is 16.2. The van der Waals surface area contributed by atoms with Crippen LogP contribution in [0.3, 0.4) is 0 Å². The molecule has 1 aliphatic rings. The van der Waals surface area contributed by atoms with Gasteiger partial charge in [0.1, 0.15) is 0 Å². The summed E-state index contributed by atoms with van der Waals surface area (Å²) in [5.74, 6) is -0.104. The summed E-state index contributed by atoms with van der Waals surface area (Å²) in [6.45, 7) is 0.682. The van der Waals surface area contributed by atoms with E-state index in [1.54, 1.807) is 35.2 Å². The van der Waals surface area contributed by atoms with Gasteiger partial charge in [-0.1, -0.05) is 46.9 Å². The monoisotopic (exact) mass is 410 g/mol. The highest BCUT2D eigenvalue weighted by Crippen LogP contribution is 2.30. The normalized spacial score (nSPS) is 14.0. The average Bonchev–Trinajstić information content (AvgIpc) is 3.04. The second-order valence-corrected chi connectivity index (χ2v) is 7.27. The van der Waals surface area contributed by atoms with Gasteiger partial charge in [0.05, 0.1) is 20.8 Å². The number of rotatable bonds is 5. The van der Waals surface area contributed by atoms with Crippen LogP contribution in [-0.2, 0) is 16.0 Å². The third-order valence-corrected chi connectivity index (χ3v) is 5.45. The number of carbonyl (C=O) groups is 2.